The molecule has 0 spiro atoms. The van der Waals surface area contributed by atoms with Crippen LogP contribution in [0.1, 0.15) is 35.1 Å². The Hall–Kier alpha value is -1.80. The minimum absolute atomic E-state index is 0.181. The first-order valence-electron chi connectivity index (χ1n) is 6.37. The molecule has 2 aromatic rings. The molecule has 2 heteroatoms. The molecule has 0 bridgehead atoms. The van der Waals surface area contributed by atoms with Gasteiger partial charge in [0.1, 0.15) is 0 Å². The van der Waals surface area contributed by atoms with Crippen molar-refractivity contribution in [3.63, 3.8) is 0 Å². The maximum Gasteiger partial charge on any atom is 0.0861 e. The van der Waals surface area contributed by atoms with Gasteiger partial charge in [-0.15, -0.1) is 0 Å². The molecule has 2 aromatic carbocycles. The van der Waals surface area contributed by atoms with Crippen molar-refractivity contribution in [2.24, 2.45) is 0 Å². The van der Waals surface area contributed by atoms with Gasteiger partial charge in [-0.3, -0.25) is 0 Å². The Morgan fingerprint density at radius 2 is 1.72 bits per heavy atom. The third kappa shape index (κ3) is 1.89. The molecule has 18 heavy (non-hydrogen) atoms. The Morgan fingerprint density at radius 3 is 2.50 bits per heavy atom. The van der Waals surface area contributed by atoms with Gasteiger partial charge in [-0.2, -0.15) is 0 Å². The van der Waals surface area contributed by atoms with Gasteiger partial charge in [-0.05, 0) is 41.7 Å². The van der Waals surface area contributed by atoms with Crippen LogP contribution in [-0.2, 0) is 6.42 Å². The smallest absolute Gasteiger partial charge is 0.0861 e. The van der Waals surface area contributed by atoms with Crippen molar-refractivity contribution in [2.75, 3.05) is 5.73 Å². The molecule has 3 N–H and O–H groups in total. The average molecular weight is 239 g/mol. The van der Waals surface area contributed by atoms with E-state index in [4.69, 9.17) is 5.73 Å². The molecule has 0 unspecified atom stereocenters. The number of benzene rings is 2. The summed E-state index contributed by atoms with van der Waals surface area (Å²) < 4.78 is 0. The SMILES string of the molecule is Nc1ccc([C@@H]2CCc3ccccc3[C@@H]2O)cc1. The van der Waals surface area contributed by atoms with Crippen LogP contribution in [0.25, 0.3) is 0 Å². The van der Waals surface area contributed by atoms with E-state index in [1.807, 2.05) is 42.5 Å². The summed E-state index contributed by atoms with van der Waals surface area (Å²) in [7, 11) is 0. The number of aliphatic hydroxyl groups is 1. The topological polar surface area (TPSA) is 46.2 Å². The molecule has 0 aromatic heterocycles. The molecule has 0 radical (unpaired) electrons. The van der Waals surface area contributed by atoms with Crippen LogP contribution in [0.4, 0.5) is 5.69 Å². The molecule has 0 amide bonds. The van der Waals surface area contributed by atoms with Crippen molar-refractivity contribution in [1.29, 1.82) is 0 Å². The second-order valence-electron chi connectivity index (χ2n) is 4.96. The Labute approximate surface area is 107 Å². The lowest BCUT2D eigenvalue weighted by Crippen LogP contribution is -2.18. The summed E-state index contributed by atoms with van der Waals surface area (Å²) in [4.78, 5) is 0. The van der Waals surface area contributed by atoms with Crippen LogP contribution in [0.15, 0.2) is 48.5 Å². The normalized spacial score (nSPS) is 22.5. The number of nitrogens with two attached hydrogens (primary N) is 1. The van der Waals surface area contributed by atoms with Gasteiger partial charge < -0.3 is 10.8 Å². The van der Waals surface area contributed by atoms with Gasteiger partial charge in [0.05, 0.1) is 6.10 Å². The lowest BCUT2D eigenvalue weighted by atomic mass is 9.78. The Morgan fingerprint density at radius 1 is 1.00 bits per heavy atom. The van der Waals surface area contributed by atoms with Crippen molar-refractivity contribution in [3.05, 3.63) is 65.2 Å². The zero-order chi connectivity index (χ0) is 12.5. The largest absolute Gasteiger partial charge is 0.399 e. The van der Waals surface area contributed by atoms with Crippen LogP contribution in [-0.4, -0.2) is 5.11 Å². The minimum atomic E-state index is -0.404. The predicted molar refractivity (Wildman–Crippen MR) is 73.3 cm³/mol. The molecule has 0 saturated carbocycles. The van der Waals surface area contributed by atoms with Crippen LogP contribution >= 0.6 is 0 Å². The molecule has 92 valence electrons. The highest BCUT2D eigenvalue weighted by Crippen LogP contribution is 2.40. The van der Waals surface area contributed by atoms with E-state index in [1.54, 1.807) is 0 Å². The highest BCUT2D eigenvalue weighted by Gasteiger charge is 2.28. The number of aliphatic hydroxyl groups excluding tert-OH is 1. The number of nitrogen functional groups attached to an aromatic ring is 1. The minimum Gasteiger partial charge on any atom is -0.399 e. The lowest BCUT2D eigenvalue weighted by Gasteiger charge is -2.30. The molecule has 0 fully saturated rings. The van der Waals surface area contributed by atoms with Crippen LogP contribution in [0.5, 0.6) is 0 Å². The van der Waals surface area contributed by atoms with Gasteiger partial charge >= 0.3 is 0 Å². The fraction of sp³-hybridized carbons (Fsp3) is 0.250. The number of fused-ring (bicyclic) bond motifs is 1. The van der Waals surface area contributed by atoms with Crippen LogP contribution in [0, 0.1) is 0 Å². The van der Waals surface area contributed by atoms with Crippen LogP contribution in [0.3, 0.4) is 0 Å². The van der Waals surface area contributed by atoms with E-state index in [9.17, 15) is 5.11 Å². The van der Waals surface area contributed by atoms with E-state index in [-0.39, 0.29) is 5.92 Å². The summed E-state index contributed by atoms with van der Waals surface area (Å²) in [6.45, 7) is 0. The standard InChI is InChI=1S/C16H17NO/c17-13-8-5-12(6-9-13)15-10-7-11-3-1-2-4-14(11)16(15)18/h1-6,8-9,15-16,18H,7,10,17H2/t15-,16-/m0/s1. The zero-order valence-corrected chi connectivity index (χ0v) is 10.2. The number of hydrogen-bond acceptors (Lipinski definition) is 2. The molecular formula is C16H17NO. The summed E-state index contributed by atoms with van der Waals surface area (Å²) in [5, 5.41) is 10.5. The first kappa shape index (κ1) is 11.3. The number of hydrogen-bond donors (Lipinski definition) is 2. The van der Waals surface area contributed by atoms with Crippen molar-refractivity contribution in [3.8, 4) is 0 Å². The lowest BCUT2D eigenvalue weighted by molar-refractivity contribution is 0.131. The van der Waals surface area contributed by atoms with E-state index >= 15 is 0 Å². The van der Waals surface area contributed by atoms with Crippen molar-refractivity contribution in [1.82, 2.24) is 0 Å². The van der Waals surface area contributed by atoms with Gasteiger partial charge in [-0.1, -0.05) is 36.4 Å². The highest BCUT2D eigenvalue weighted by molar-refractivity contribution is 5.42. The maximum absolute atomic E-state index is 10.5. The summed E-state index contributed by atoms with van der Waals surface area (Å²) >= 11 is 0. The molecular weight excluding hydrogens is 222 g/mol. The Bertz CT molecular complexity index is 547. The summed E-state index contributed by atoms with van der Waals surface area (Å²) in [6.07, 6.45) is 1.61. The Kier molecular flexibility index (Phi) is 2.80. The predicted octanol–water partition coefficient (Wildman–Crippen LogP) is 3.03. The third-order valence-corrected chi connectivity index (χ3v) is 3.84. The van der Waals surface area contributed by atoms with Gasteiger partial charge in [0.25, 0.3) is 0 Å². The average Bonchev–Trinajstić information content (AvgIpc) is 2.41. The van der Waals surface area contributed by atoms with Crippen molar-refractivity contribution in [2.45, 2.75) is 24.9 Å². The first-order chi connectivity index (χ1) is 8.75. The van der Waals surface area contributed by atoms with E-state index in [1.165, 1.54) is 11.1 Å². The second-order valence-corrected chi connectivity index (χ2v) is 4.96. The van der Waals surface area contributed by atoms with E-state index in [0.717, 1.165) is 24.1 Å². The highest BCUT2D eigenvalue weighted by atomic mass is 16.3. The van der Waals surface area contributed by atoms with Crippen LogP contribution < -0.4 is 5.73 Å². The summed E-state index contributed by atoms with van der Waals surface area (Å²) in [5.41, 5.74) is 9.99. The van der Waals surface area contributed by atoms with Crippen molar-refractivity contribution < 1.29 is 5.11 Å². The molecule has 0 aliphatic heterocycles. The summed E-state index contributed by atoms with van der Waals surface area (Å²) in [5.74, 6) is 0.181. The van der Waals surface area contributed by atoms with Gasteiger partial charge in [0, 0.05) is 11.6 Å². The fourth-order valence-corrected chi connectivity index (χ4v) is 2.83. The van der Waals surface area contributed by atoms with Gasteiger partial charge in [-0.25, -0.2) is 0 Å². The second kappa shape index (κ2) is 4.46. The van der Waals surface area contributed by atoms with Gasteiger partial charge in [0.2, 0.25) is 0 Å². The van der Waals surface area contributed by atoms with E-state index < -0.39 is 6.10 Å². The number of anilines is 1. The van der Waals surface area contributed by atoms with E-state index in [0.29, 0.717) is 0 Å². The van der Waals surface area contributed by atoms with Gasteiger partial charge in [0.15, 0.2) is 0 Å². The first-order valence-corrected chi connectivity index (χ1v) is 6.37. The van der Waals surface area contributed by atoms with Crippen LogP contribution in [0.2, 0.25) is 0 Å². The molecule has 2 atom stereocenters. The fourth-order valence-electron chi connectivity index (χ4n) is 2.83. The quantitative estimate of drug-likeness (QED) is 0.751. The zero-order valence-electron chi connectivity index (χ0n) is 10.2. The molecule has 0 saturated heterocycles. The third-order valence-electron chi connectivity index (χ3n) is 3.84. The Balaban J connectivity index is 1.95. The maximum atomic E-state index is 10.5. The molecule has 1 aliphatic carbocycles. The van der Waals surface area contributed by atoms with Crippen molar-refractivity contribution >= 4 is 5.69 Å². The summed E-state index contributed by atoms with van der Waals surface area (Å²) in [6, 6.07) is 16.0. The molecule has 1 aliphatic rings. The van der Waals surface area contributed by atoms with E-state index in [2.05, 4.69) is 6.07 Å². The monoisotopic (exact) mass is 239 g/mol. The molecule has 3 rings (SSSR count). The molecule has 0 heterocycles. The molecule has 2 nitrogen and oxygen atoms in total. The number of rotatable bonds is 1. The number of aryl methyl sites for hydroxylation is 1.